The van der Waals surface area contributed by atoms with Crippen LogP contribution in [0.4, 0.5) is 5.69 Å². The minimum absolute atomic E-state index is 0.00527. The van der Waals surface area contributed by atoms with Crippen molar-refractivity contribution in [3.05, 3.63) is 109 Å². The van der Waals surface area contributed by atoms with Gasteiger partial charge in [-0.3, -0.25) is 4.98 Å². The Balaban J connectivity index is 1.41. The number of thiocarbonyl (C=S) groups is 1. The summed E-state index contributed by atoms with van der Waals surface area (Å²) >= 11 is 5.86. The summed E-state index contributed by atoms with van der Waals surface area (Å²) < 4.78 is 7.88. The standard InChI is InChI=1S/C29H31N5OS/c1-2-35-24-16-14-23(15-17-24)33-20-8-13-26(33)28-27(25-12-6-7-18-31-25)32-29(36)34(28)21-9-19-30-22-10-4-3-5-11-22/h3-8,10-18,20,27-28,30H,2,9,19,21H2,1H3,(H,32,36)/t27-,28+/m1/s1. The highest BCUT2D eigenvalue weighted by atomic mass is 32.1. The van der Waals surface area contributed by atoms with Crippen LogP contribution < -0.4 is 15.4 Å². The molecule has 0 radical (unpaired) electrons. The number of anilines is 1. The van der Waals surface area contributed by atoms with Crippen molar-refractivity contribution in [1.29, 1.82) is 0 Å². The molecule has 2 aromatic carbocycles. The molecular weight excluding hydrogens is 466 g/mol. The van der Waals surface area contributed by atoms with E-state index < -0.39 is 0 Å². The minimum atomic E-state index is -0.0443. The van der Waals surface area contributed by atoms with Crippen LogP contribution in [0.15, 0.2) is 97.3 Å². The van der Waals surface area contributed by atoms with E-state index in [9.17, 15) is 0 Å². The Hall–Kier alpha value is -3.84. The lowest BCUT2D eigenvalue weighted by Gasteiger charge is -2.29. The second-order valence-corrected chi connectivity index (χ2v) is 9.08. The van der Waals surface area contributed by atoms with Gasteiger partial charge in [0.05, 0.1) is 24.4 Å². The molecule has 3 heterocycles. The highest BCUT2D eigenvalue weighted by Crippen LogP contribution is 2.39. The Morgan fingerprint density at radius 2 is 1.78 bits per heavy atom. The molecule has 2 aromatic heterocycles. The summed E-state index contributed by atoms with van der Waals surface area (Å²) in [5, 5.41) is 7.83. The lowest BCUT2D eigenvalue weighted by Crippen LogP contribution is -2.32. The van der Waals surface area contributed by atoms with Crippen LogP contribution in [0, 0.1) is 0 Å². The number of ether oxygens (including phenoxy) is 1. The number of hydrogen-bond donors (Lipinski definition) is 2. The lowest BCUT2D eigenvalue weighted by atomic mass is 10.0. The summed E-state index contributed by atoms with van der Waals surface area (Å²) in [5.74, 6) is 0.873. The molecule has 6 nitrogen and oxygen atoms in total. The number of pyridine rings is 1. The van der Waals surface area contributed by atoms with E-state index in [0.29, 0.717) is 6.61 Å². The third kappa shape index (κ3) is 5.21. The Morgan fingerprint density at radius 1 is 0.972 bits per heavy atom. The normalized spacial score (nSPS) is 17.1. The van der Waals surface area contributed by atoms with E-state index in [1.807, 2.05) is 55.6 Å². The first kappa shape index (κ1) is 23.9. The van der Waals surface area contributed by atoms with Crippen molar-refractivity contribution < 1.29 is 4.74 Å². The average molecular weight is 498 g/mol. The van der Waals surface area contributed by atoms with Gasteiger partial charge in [0.15, 0.2) is 5.11 Å². The average Bonchev–Trinajstić information content (AvgIpc) is 3.53. The summed E-state index contributed by atoms with van der Waals surface area (Å²) in [4.78, 5) is 6.98. The smallest absolute Gasteiger partial charge is 0.170 e. The van der Waals surface area contributed by atoms with Crippen molar-refractivity contribution in [2.24, 2.45) is 0 Å². The molecule has 1 aliphatic heterocycles. The maximum atomic E-state index is 5.86. The maximum absolute atomic E-state index is 5.86. The van der Waals surface area contributed by atoms with E-state index in [0.717, 1.165) is 53.1 Å². The zero-order valence-electron chi connectivity index (χ0n) is 20.4. The van der Waals surface area contributed by atoms with Crippen molar-refractivity contribution in [3.63, 3.8) is 0 Å². The molecule has 0 saturated carbocycles. The zero-order valence-corrected chi connectivity index (χ0v) is 21.2. The van der Waals surface area contributed by atoms with E-state index in [2.05, 4.69) is 73.7 Å². The van der Waals surface area contributed by atoms with Gasteiger partial charge in [-0.1, -0.05) is 24.3 Å². The monoisotopic (exact) mass is 497 g/mol. The topological polar surface area (TPSA) is 54.4 Å². The Morgan fingerprint density at radius 3 is 2.53 bits per heavy atom. The molecule has 4 aromatic rings. The summed E-state index contributed by atoms with van der Waals surface area (Å²) in [6.07, 6.45) is 4.90. The van der Waals surface area contributed by atoms with Gasteiger partial charge in [-0.25, -0.2) is 0 Å². The third-order valence-corrected chi connectivity index (χ3v) is 6.74. The van der Waals surface area contributed by atoms with Gasteiger partial charge in [-0.2, -0.15) is 0 Å². The van der Waals surface area contributed by atoms with Crippen LogP contribution in [-0.4, -0.2) is 39.3 Å². The summed E-state index contributed by atoms with van der Waals surface area (Å²) in [6, 6.07) is 28.8. The van der Waals surface area contributed by atoms with Crippen LogP contribution in [0.25, 0.3) is 5.69 Å². The first-order valence-electron chi connectivity index (χ1n) is 12.4. The SMILES string of the molecule is CCOc1ccc(-n2cccc2[C@H]2[C@@H](c3ccccn3)NC(=S)N2CCCNc2ccccc2)cc1. The number of para-hydroxylation sites is 1. The highest BCUT2D eigenvalue weighted by Gasteiger charge is 2.40. The van der Waals surface area contributed by atoms with Gasteiger partial charge in [0.1, 0.15) is 5.75 Å². The second-order valence-electron chi connectivity index (χ2n) is 8.70. The molecule has 0 bridgehead atoms. The largest absolute Gasteiger partial charge is 0.494 e. The Labute approximate surface area is 217 Å². The van der Waals surface area contributed by atoms with Gasteiger partial charge in [0.2, 0.25) is 0 Å². The Bertz CT molecular complexity index is 1260. The zero-order chi connectivity index (χ0) is 24.7. The number of nitrogens with one attached hydrogen (secondary N) is 2. The lowest BCUT2D eigenvalue weighted by molar-refractivity contribution is 0.307. The molecule has 184 valence electrons. The minimum Gasteiger partial charge on any atom is -0.494 e. The van der Waals surface area contributed by atoms with Crippen molar-refractivity contribution in [1.82, 2.24) is 19.8 Å². The molecule has 2 atom stereocenters. The van der Waals surface area contributed by atoms with E-state index in [1.165, 1.54) is 0 Å². The quantitative estimate of drug-likeness (QED) is 0.215. The molecule has 0 unspecified atom stereocenters. The fraction of sp³-hybridized carbons (Fsp3) is 0.241. The summed E-state index contributed by atoms with van der Waals surface area (Å²) in [7, 11) is 0. The van der Waals surface area contributed by atoms with Crippen LogP contribution in [-0.2, 0) is 0 Å². The molecule has 0 amide bonds. The predicted molar refractivity (Wildman–Crippen MR) is 149 cm³/mol. The van der Waals surface area contributed by atoms with Gasteiger partial charge in [-0.15, -0.1) is 0 Å². The number of rotatable bonds is 10. The van der Waals surface area contributed by atoms with E-state index >= 15 is 0 Å². The van der Waals surface area contributed by atoms with Crippen LogP contribution in [0.1, 0.15) is 36.8 Å². The number of nitrogens with zero attached hydrogens (tertiary/aromatic N) is 3. The first-order chi connectivity index (χ1) is 17.7. The van der Waals surface area contributed by atoms with Crippen LogP contribution >= 0.6 is 12.2 Å². The molecule has 1 saturated heterocycles. The van der Waals surface area contributed by atoms with Gasteiger partial charge in [0, 0.05) is 42.6 Å². The van der Waals surface area contributed by atoms with E-state index in [-0.39, 0.29) is 12.1 Å². The number of hydrogen-bond acceptors (Lipinski definition) is 4. The summed E-state index contributed by atoms with van der Waals surface area (Å²) in [6.45, 7) is 4.34. The van der Waals surface area contributed by atoms with Crippen LogP contribution in [0.5, 0.6) is 5.75 Å². The molecule has 0 aliphatic carbocycles. The van der Waals surface area contributed by atoms with Crippen molar-refractivity contribution in [3.8, 4) is 11.4 Å². The van der Waals surface area contributed by atoms with Gasteiger partial charge >= 0.3 is 0 Å². The third-order valence-electron chi connectivity index (χ3n) is 6.39. The molecule has 1 fully saturated rings. The molecule has 36 heavy (non-hydrogen) atoms. The summed E-state index contributed by atoms with van der Waals surface area (Å²) in [5.41, 5.74) is 4.36. The molecular formula is C29H31N5OS. The van der Waals surface area contributed by atoms with E-state index in [4.69, 9.17) is 17.0 Å². The number of benzene rings is 2. The molecule has 2 N–H and O–H groups in total. The Kier molecular flexibility index (Phi) is 7.47. The first-order valence-corrected chi connectivity index (χ1v) is 12.8. The molecule has 0 spiro atoms. The van der Waals surface area contributed by atoms with Crippen molar-refractivity contribution in [2.45, 2.75) is 25.4 Å². The van der Waals surface area contributed by atoms with Gasteiger partial charge in [0.25, 0.3) is 0 Å². The predicted octanol–water partition coefficient (Wildman–Crippen LogP) is 5.75. The van der Waals surface area contributed by atoms with Gasteiger partial charge in [-0.05, 0) is 86.2 Å². The van der Waals surface area contributed by atoms with Crippen molar-refractivity contribution in [2.75, 3.05) is 25.0 Å². The van der Waals surface area contributed by atoms with Crippen molar-refractivity contribution >= 4 is 23.0 Å². The van der Waals surface area contributed by atoms with Gasteiger partial charge < -0.3 is 24.8 Å². The maximum Gasteiger partial charge on any atom is 0.170 e. The number of aromatic nitrogens is 2. The second kappa shape index (κ2) is 11.3. The highest BCUT2D eigenvalue weighted by molar-refractivity contribution is 7.80. The molecule has 5 rings (SSSR count). The fourth-order valence-electron chi connectivity index (χ4n) is 4.75. The molecule has 1 aliphatic rings. The van der Waals surface area contributed by atoms with Crippen LogP contribution in [0.3, 0.4) is 0 Å². The van der Waals surface area contributed by atoms with Crippen LogP contribution in [0.2, 0.25) is 0 Å². The van der Waals surface area contributed by atoms with E-state index in [1.54, 1.807) is 0 Å². The molecule has 7 heteroatoms. The fourth-order valence-corrected chi connectivity index (χ4v) is 5.08.